The number of imide groups is 1. The largest absolute Gasteiger partial charge is 0.326 e. The lowest BCUT2D eigenvalue weighted by Crippen LogP contribution is -2.45. The molecule has 7 heteroatoms. The Morgan fingerprint density at radius 1 is 1.00 bits per heavy atom. The van der Waals surface area contributed by atoms with Crippen molar-refractivity contribution in [3.63, 3.8) is 0 Å². The van der Waals surface area contributed by atoms with Gasteiger partial charge in [-0.1, -0.05) is 42.8 Å². The monoisotopic (exact) mass is 511 g/mol. The van der Waals surface area contributed by atoms with E-state index in [1.165, 1.54) is 10.5 Å². The summed E-state index contributed by atoms with van der Waals surface area (Å²) in [4.78, 5) is 47.1. The lowest BCUT2D eigenvalue weighted by Gasteiger charge is -2.28. The van der Waals surface area contributed by atoms with Crippen LogP contribution >= 0.6 is 11.3 Å². The summed E-state index contributed by atoms with van der Waals surface area (Å²) in [6.07, 6.45) is 0.994. The van der Waals surface area contributed by atoms with Crippen molar-refractivity contribution in [3.05, 3.63) is 83.4 Å². The van der Waals surface area contributed by atoms with Crippen molar-refractivity contribution in [2.75, 3.05) is 4.90 Å². The first-order chi connectivity index (χ1) is 17.8. The van der Waals surface area contributed by atoms with Crippen molar-refractivity contribution < 1.29 is 14.4 Å². The smallest absolute Gasteiger partial charge is 0.257 e. The average molecular weight is 512 g/mol. The van der Waals surface area contributed by atoms with Gasteiger partial charge in [-0.15, -0.1) is 11.3 Å². The summed E-state index contributed by atoms with van der Waals surface area (Å²) in [5, 5.41) is 0.888. The van der Waals surface area contributed by atoms with Crippen molar-refractivity contribution in [3.8, 4) is 10.6 Å². The highest BCUT2D eigenvalue weighted by Gasteiger charge is 2.44. The molecule has 1 atom stereocenters. The van der Waals surface area contributed by atoms with Crippen molar-refractivity contribution in [2.45, 2.75) is 52.6 Å². The Labute approximate surface area is 220 Å². The highest BCUT2D eigenvalue weighted by molar-refractivity contribution is 7.21. The van der Waals surface area contributed by atoms with E-state index in [4.69, 9.17) is 4.98 Å². The maximum Gasteiger partial charge on any atom is 0.257 e. The number of hydrogen-bond acceptors (Lipinski definition) is 5. The van der Waals surface area contributed by atoms with Crippen LogP contribution in [-0.2, 0) is 20.9 Å². The third kappa shape index (κ3) is 5.04. The lowest BCUT2D eigenvalue weighted by atomic mass is 10.1. The van der Waals surface area contributed by atoms with Crippen LogP contribution in [0.25, 0.3) is 20.8 Å². The van der Waals surface area contributed by atoms with E-state index in [0.717, 1.165) is 31.9 Å². The Morgan fingerprint density at radius 2 is 1.70 bits per heavy atom. The van der Waals surface area contributed by atoms with Gasteiger partial charge in [-0.05, 0) is 67.8 Å². The molecular formula is C30H29N3O3S. The molecule has 0 bridgehead atoms. The summed E-state index contributed by atoms with van der Waals surface area (Å²) in [6, 6.07) is 20.6. The van der Waals surface area contributed by atoms with Crippen LogP contribution in [0.1, 0.15) is 42.9 Å². The van der Waals surface area contributed by atoms with Gasteiger partial charge in [0.2, 0.25) is 11.8 Å². The van der Waals surface area contributed by atoms with Crippen LogP contribution in [0, 0.1) is 13.8 Å². The zero-order chi connectivity index (χ0) is 26.1. The van der Waals surface area contributed by atoms with Gasteiger partial charge < -0.3 is 4.90 Å². The minimum Gasteiger partial charge on any atom is -0.326 e. The molecule has 4 aromatic rings. The molecule has 1 aliphatic heterocycles. The van der Waals surface area contributed by atoms with E-state index in [9.17, 15) is 14.4 Å². The maximum absolute atomic E-state index is 13.5. The molecule has 0 spiro atoms. The molecule has 37 heavy (non-hydrogen) atoms. The van der Waals surface area contributed by atoms with Gasteiger partial charge in [-0.25, -0.2) is 9.88 Å². The topological polar surface area (TPSA) is 70.6 Å². The molecule has 1 aliphatic rings. The minimum atomic E-state index is -0.806. The van der Waals surface area contributed by atoms with Gasteiger partial charge in [0.1, 0.15) is 11.0 Å². The zero-order valence-corrected chi connectivity index (χ0v) is 22.0. The number of hydrogen-bond donors (Lipinski definition) is 0. The van der Waals surface area contributed by atoms with Crippen LogP contribution in [0.2, 0.25) is 0 Å². The van der Waals surface area contributed by atoms with Gasteiger partial charge in [-0.2, -0.15) is 0 Å². The molecule has 188 valence electrons. The maximum atomic E-state index is 13.5. The van der Waals surface area contributed by atoms with Gasteiger partial charge in [0, 0.05) is 18.5 Å². The predicted molar refractivity (Wildman–Crippen MR) is 147 cm³/mol. The summed E-state index contributed by atoms with van der Waals surface area (Å²) in [5.74, 6) is -0.765. The number of anilines is 1. The first-order valence-electron chi connectivity index (χ1n) is 12.5. The van der Waals surface area contributed by atoms with Crippen LogP contribution < -0.4 is 4.90 Å². The molecular weight excluding hydrogens is 482 g/mol. The number of aryl methyl sites for hydroxylation is 2. The number of amides is 3. The van der Waals surface area contributed by atoms with E-state index in [2.05, 4.69) is 13.0 Å². The minimum absolute atomic E-state index is 0.0148. The second-order valence-electron chi connectivity index (χ2n) is 9.58. The summed E-state index contributed by atoms with van der Waals surface area (Å²) in [5.41, 5.74) is 5.64. The number of fused-ring (bicyclic) bond motifs is 1. The van der Waals surface area contributed by atoms with E-state index in [1.807, 2.05) is 62.4 Å². The van der Waals surface area contributed by atoms with Crippen LogP contribution in [0.4, 0.5) is 5.69 Å². The van der Waals surface area contributed by atoms with Crippen molar-refractivity contribution in [1.29, 1.82) is 0 Å². The quantitative estimate of drug-likeness (QED) is 0.284. The van der Waals surface area contributed by atoms with Crippen LogP contribution in [0.3, 0.4) is 0 Å². The molecule has 5 rings (SSSR count). The van der Waals surface area contributed by atoms with Gasteiger partial charge in [0.25, 0.3) is 5.91 Å². The van der Waals surface area contributed by atoms with Crippen LogP contribution in [0.15, 0.2) is 66.7 Å². The highest BCUT2D eigenvalue weighted by Crippen LogP contribution is 2.33. The number of rotatable bonds is 7. The van der Waals surface area contributed by atoms with Gasteiger partial charge in [0.05, 0.1) is 22.3 Å². The fraction of sp³-hybridized carbons (Fsp3) is 0.267. The second kappa shape index (κ2) is 10.3. The van der Waals surface area contributed by atoms with E-state index < -0.39 is 6.04 Å². The third-order valence-electron chi connectivity index (χ3n) is 6.67. The fourth-order valence-electron chi connectivity index (χ4n) is 4.66. The van der Waals surface area contributed by atoms with E-state index in [1.54, 1.807) is 28.4 Å². The molecule has 0 N–H and O–H groups in total. The van der Waals surface area contributed by atoms with Crippen LogP contribution in [0.5, 0.6) is 0 Å². The standard InChI is InChI=1S/C30H29N3O3S/c1-4-5-27(34)32(18-21-9-6-19(2)7-10-21)25-17-28(35)33(30(25)36)23-13-11-22(12-14-23)29-31-24-15-8-20(3)16-26(24)37-29/h6-16,25H,4-5,17-18H2,1-3H3. The summed E-state index contributed by atoms with van der Waals surface area (Å²) in [6.45, 7) is 6.29. The van der Waals surface area contributed by atoms with Crippen LogP contribution in [-0.4, -0.2) is 33.6 Å². The third-order valence-corrected chi connectivity index (χ3v) is 7.74. The number of benzene rings is 3. The van der Waals surface area contributed by atoms with E-state index >= 15 is 0 Å². The number of thiazole rings is 1. The molecule has 3 aromatic carbocycles. The van der Waals surface area contributed by atoms with E-state index in [-0.39, 0.29) is 24.1 Å². The molecule has 1 saturated heterocycles. The van der Waals surface area contributed by atoms with Crippen molar-refractivity contribution in [1.82, 2.24) is 9.88 Å². The average Bonchev–Trinajstić information content (AvgIpc) is 3.43. The summed E-state index contributed by atoms with van der Waals surface area (Å²) >= 11 is 1.61. The number of nitrogens with zero attached hydrogens (tertiary/aromatic N) is 3. The Kier molecular flexibility index (Phi) is 6.89. The van der Waals surface area contributed by atoms with Crippen molar-refractivity contribution in [2.24, 2.45) is 0 Å². The lowest BCUT2D eigenvalue weighted by molar-refractivity contribution is -0.139. The predicted octanol–water partition coefficient (Wildman–Crippen LogP) is 6.04. The Morgan fingerprint density at radius 3 is 2.41 bits per heavy atom. The molecule has 0 radical (unpaired) electrons. The molecule has 6 nitrogen and oxygen atoms in total. The molecule has 0 aliphatic carbocycles. The number of aromatic nitrogens is 1. The molecule has 2 heterocycles. The number of carbonyl (C=O) groups is 3. The first kappa shape index (κ1) is 24.8. The first-order valence-corrected chi connectivity index (χ1v) is 13.3. The molecule has 1 aromatic heterocycles. The number of carbonyl (C=O) groups excluding carboxylic acids is 3. The normalized spacial score (nSPS) is 15.5. The van der Waals surface area contributed by atoms with Gasteiger partial charge >= 0.3 is 0 Å². The molecule has 0 saturated carbocycles. The fourth-order valence-corrected chi connectivity index (χ4v) is 5.73. The molecule has 3 amide bonds. The van der Waals surface area contributed by atoms with Gasteiger partial charge in [0.15, 0.2) is 0 Å². The highest BCUT2D eigenvalue weighted by atomic mass is 32.1. The molecule has 1 fully saturated rings. The van der Waals surface area contributed by atoms with Crippen molar-refractivity contribution >= 4 is 45.0 Å². The Hall–Kier alpha value is -3.84. The Bertz CT molecular complexity index is 1470. The van der Waals surface area contributed by atoms with Gasteiger partial charge in [-0.3, -0.25) is 14.4 Å². The zero-order valence-electron chi connectivity index (χ0n) is 21.2. The summed E-state index contributed by atoms with van der Waals surface area (Å²) in [7, 11) is 0. The second-order valence-corrected chi connectivity index (χ2v) is 10.6. The molecule has 1 unspecified atom stereocenters. The summed E-state index contributed by atoms with van der Waals surface area (Å²) < 4.78 is 1.12. The Balaban J connectivity index is 1.38. The van der Waals surface area contributed by atoms with E-state index in [0.29, 0.717) is 25.1 Å². The SMILES string of the molecule is CCCC(=O)N(Cc1ccc(C)cc1)C1CC(=O)N(c2ccc(-c3nc4ccc(C)cc4s3)cc2)C1=O.